The lowest BCUT2D eigenvalue weighted by Crippen LogP contribution is -2.31. The van der Waals surface area contributed by atoms with E-state index in [2.05, 4.69) is 15.4 Å². The van der Waals surface area contributed by atoms with Gasteiger partial charge < -0.3 is 10.4 Å². The van der Waals surface area contributed by atoms with E-state index in [0.29, 0.717) is 6.54 Å². The molecular weight excluding hydrogens is 294 g/mol. The molecule has 8 nitrogen and oxygen atoms in total. The molecule has 114 valence electrons. The van der Waals surface area contributed by atoms with Gasteiger partial charge in [-0.15, -0.1) is 11.3 Å². The second-order valence-corrected chi connectivity index (χ2v) is 5.71. The molecule has 2 N–H and O–H groups in total. The summed E-state index contributed by atoms with van der Waals surface area (Å²) in [5.74, 6) is 0. The van der Waals surface area contributed by atoms with Gasteiger partial charge in [0.05, 0.1) is 28.3 Å². The molecule has 2 aromatic heterocycles. The van der Waals surface area contributed by atoms with Crippen LogP contribution < -0.4 is 5.32 Å². The van der Waals surface area contributed by atoms with E-state index in [-0.39, 0.29) is 12.2 Å². The Labute approximate surface area is 125 Å². The number of rotatable bonds is 8. The maximum absolute atomic E-state index is 10.5. The Morgan fingerprint density at radius 3 is 3.05 bits per heavy atom. The molecule has 0 aliphatic rings. The van der Waals surface area contributed by atoms with Crippen molar-refractivity contribution in [2.45, 2.75) is 26.0 Å². The lowest BCUT2D eigenvalue weighted by molar-refractivity contribution is -0.385. The van der Waals surface area contributed by atoms with Gasteiger partial charge in [0.15, 0.2) is 0 Å². The van der Waals surface area contributed by atoms with Crippen molar-refractivity contribution in [3.63, 3.8) is 0 Å². The zero-order valence-electron chi connectivity index (χ0n) is 11.6. The predicted molar refractivity (Wildman–Crippen MR) is 78.3 cm³/mol. The van der Waals surface area contributed by atoms with Gasteiger partial charge >= 0.3 is 5.69 Å². The first-order chi connectivity index (χ1) is 10.0. The molecule has 0 radical (unpaired) electrons. The summed E-state index contributed by atoms with van der Waals surface area (Å²) in [5.41, 5.74) is 0.969. The Bertz CT molecular complexity index is 597. The lowest BCUT2D eigenvalue weighted by atomic mass is 10.3. The van der Waals surface area contributed by atoms with Crippen molar-refractivity contribution in [3.8, 4) is 0 Å². The van der Waals surface area contributed by atoms with Gasteiger partial charge in [0.2, 0.25) is 0 Å². The minimum absolute atomic E-state index is 0.0749. The Morgan fingerprint density at radius 2 is 2.43 bits per heavy atom. The number of thiazole rings is 1. The number of aliphatic hydroxyl groups excluding tert-OH is 1. The topological polar surface area (TPSA) is 106 Å². The Hall–Kier alpha value is -1.84. The molecular formula is C12H17N5O3S. The Kier molecular flexibility index (Phi) is 5.37. The summed E-state index contributed by atoms with van der Waals surface area (Å²) in [4.78, 5) is 14.4. The fraction of sp³-hybridized carbons (Fsp3) is 0.500. The highest BCUT2D eigenvalue weighted by molar-refractivity contribution is 7.09. The number of nitrogens with one attached hydrogen (secondary N) is 1. The van der Waals surface area contributed by atoms with Crippen LogP contribution >= 0.6 is 11.3 Å². The second kappa shape index (κ2) is 7.25. The lowest BCUT2D eigenvalue weighted by Gasteiger charge is -2.11. The highest BCUT2D eigenvalue weighted by Gasteiger charge is 2.11. The van der Waals surface area contributed by atoms with Crippen molar-refractivity contribution in [1.29, 1.82) is 0 Å². The minimum Gasteiger partial charge on any atom is -0.390 e. The monoisotopic (exact) mass is 311 g/mol. The number of nitrogens with zero attached hydrogens (tertiary/aromatic N) is 4. The summed E-state index contributed by atoms with van der Waals surface area (Å²) in [6, 6.07) is 0. The molecule has 1 unspecified atom stereocenters. The first-order valence-electron chi connectivity index (χ1n) is 6.51. The van der Waals surface area contributed by atoms with Crippen LogP contribution in [0.3, 0.4) is 0 Å². The predicted octanol–water partition coefficient (Wildman–Crippen LogP) is 0.749. The van der Waals surface area contributed by atoms with Crippen LogP contribution in [0.2, 0.25) is 0 Å². The van der Waals surface area contributed by atoms with E-state index in [1.807, 2.05) is 12.3 Å². The smallest absolute Gasteiger partial charge is 0.306 e. The zero-order valence-corrected chi connectivity index (χ0v) is 12.4. The van der Waals surface area contributed by atoms with Gasteiger partial charge in [0, 0.05) is 24.9 Å². The third-order valence-electron chi connectivity index (χ3n) is 2.83. The van der Waals surface area contributed by atoms with Crippen LogP contribution in [-0.4, -0.2) is 44.0 Å². The van der Waals surface area contributed by atoms with Crippen molar-refractivity contribution in [1.82, 2.24) is 20.1 Å². The first-order valence-corrected chi connectivity index (χ1v) is 7.39. The maximum atomic E-state index is 10.5. The molecule has 0 amide bonds. The highest BCUT2D eigenvalue weighted by Crippen LogP contribution is 2.08. The molecule has 0 aromatic carbocycles. The van der Waals surface area contributed by atoms with E-state index in [1.54, 1.807) is 11.3 Å². The Morgan fingerprint density at radius 1 is 1.62 bits per heavy atom. The molecule has 1 atom stereocenters. The number of nitro groups is 1. The number of hydrogen-bond acceptors (Lipinski definition) is 7. The van der Waals surface area contributed by atoms with Crippen LogP contribution in [0.25, 0.3) is 0 Å². The fourth-order valence-electron chi connectivity index (χ4n) is 1.84. The molecule has 0 spiro atoms. The van der Waals surface area contributed by atoms with Crippen LogP contribution in [-0.2, 0) is 13.0 Å². The van der Waals surface area contributed by atoms with Crippen LogP contribution in [0.15, 0.2) is 17.8 Å². The summed E-state index contributed by atoms with van der Waals surface area (Å²) in [6.45, 7) is 3.31. The molecule has 0 fully saturated rings. The van der Waals surface area contributed by atoms with Crippen LogP contribution in [0.1, 0.15) is 10.7 Å². The van der Waals surface area contributed by atoms with Gasteiger partial charge in [0.1, 0.15) is 12.4 Å². The van der Waals surface area contributed by atoms with Crippen molar-refractivity contribution in [2.24, 2.45) is 0 Å². The third-order valence-corrected chi connectivity index (χ3v) is 3.66. The van der Waals surface area contributed by atoms with Gasteiger partial charge in [-0.1, -0.05) is 0 Å². The van der Waals surface area contributed by atoms with Gasteiger partial charge in [-0.3, -0.25) is 14.8 Å². The number of hydrogen-bond donors (Lipinski definition) is 2. The van der Waals surface area contributed by atoms with E-state index < -0.39 is 11.0 Å². The first kappa shape index (κ1) is 15.5. The number of aryl methyl sites for hydroxylation is 1. The SMILES string of the molecule is Cc1nc(CCNCC(O)Cn2cc([N+](=O)[O-])cn2)cs1. The normalized spacial score (nSPS) is 12.5. The molecule has 2 aromatic rings. The van der Waals surface area contributed by atoms with Gasteiger partial charge in [0.25, 0.3) is 0 Å². The average Bonchev–Trinajstić information content (AvgIpc) is 3.04. The van der Waals surface area contributed by atoms with Crippen molar-refractivity contribution < 1.29 is 10.0 Å². The molecule has 0 saturated carbocycles. The van der Waals surface area contributed by atoms with Crippen molar-refractivity contribution >= 4 is 17.0 Å². The van der Waals surface area contributed by atoms with Crippen molar-refractivity contribution in [2.75, 3.05) is 13.1 Å². The zero-order chi connectivity index (χ0) is 15.2. The molecule has 2 heterocycles. The number of aromatic nitrogens is 3. The standard InChI is InChI=1S/C12H17N5O3S/c1-9-15-10(8-21-9)2-3-13-5-12(18)7-16-6-11(4-14-16)17(19)20/h4,6,8,12-13,18H,2-3,5,7H2,1H3. The summed E-state index contributed by atoms with van der Waals surface area (Å²) >= 11 is 1.62. The third kappa shape index (κ3) is 4.88. The fourth-order valence-corrected chi connectivity index (χ4v) is 2.48. The molecule has 0 aliphatic carbocycles. The van der Waals surface area contributed by atoms with Gasteiger partial charge in [-0.05, 0) is 6.92 Å². The Balaban J connectivity index is 1.67. The number of aliphatic hydroxyl groups is 1. The highest BCUT2D eigenvalue weighted by atomic mass is 32.1. The van der Waals surface area contributed by atoms with E-state index in [0.717, 1.165) is 23.7 Å². The minimum atomic E-state index is -0.651. The summed E-state index contributed by atoms with van der Waals surface area (Å²) in [7, 11) is 0. The largest absolute Gasteiger partial charge is 0.390 e. The van der Waals surface area contributed by atoms with Crippen LogP contribution in [0, 0.1) is 17.0 Å². The summed E-state index contributed by atoms with van der Waals surface area (Å²) in [5, 5.41) is 30.4. The molecule has 21 heavy (non-hydrogen) atoms. The molecule has 0 saturated heterocycles. The van der Waals surface area contributed by atoms with E-state index in [4.69, 9.17) is 0 Å². The molecule has 9 heteroatoms. The molecule has 0 aliphatic heterocycles. The summed E-state index contributed by atoms with van der Waals surface area (Å²) in [6.07, 6.45) is 2.64. The summed E-state index contributed by atoms with van der Waals surface area (Å²) < 4.78 is 1.37. The van der Waals surface area contributed by atoms with E-state index >= 15 is 0 Å². The maximum Gasteiger partial charge on any atom is 0.306 e. The van der Waals surface area contributed by atoms with Crippen molar-refractivity contribution in [3.05, 3.63) is 38.6 Å². The van der Waals surface area contributed by atoms with E-state index in [1.165, 1.54) is 17.1 Å². The van der Waals surface area contributed by atoms with Gasteiger partial charge in [-0.2, -0.15) is 5.10 Å². The quantitative estimate of drug-likeness (QED) is 0.423. The average molecular weight is 311 g/mol. The van der Waals surface area contributed by atoms with Crippen LogP contribution in [0.5, 0.6) is 0 Å². The van der Waals surface area contributed by atoms with E-state index in [9.17, 15) is 15.2 Å². The second-order valence-electron chi connectivity index (χ2n) is 4.64. The van der Waals surface area contributed by atoms with Gasteiger partial charge in [-0.25, -0.2) is 4.98 Å². The molecule has 0 bridgehead atoms. The van der Waals surface area contributed by atoms with Crippen LogP contribution in [0.4, 0.5) is 5.69 Å². The molecule has 2 rings (SSSR count).